The molecule has 0 saturated heterocycles. The van der Waals surface area contributed by atoms with Crippen molar-refractivity contribution in [3.05, 3.63) is 112 Å². The van der Waals surface area contributed by atoms with Crippen LogP contribution in [0.25, 0.3) is 0 Å². The van der Waals surface area contributed by atoms with Gasteiger partial charge in [0, 0.05) is 10.0 Å². The summed E-state index contributed by atoms with van der Waals surface area (Å²) in [6, 6.07) is 16.0. The number of allylic oxidation sites excluding steroid dienone is 4. The van der Waals surface area contributed by atoms with Gasteiger partial charge in [0.25, 0.3) is 5.84 Å². The summed E-state index contributed by atoms with van der Waals surface area (Å²) < 4.78 is 7.05. The number of ether oxygens (including phenoxy) is 1. The zero-order chi connectivity index (χ0) is 19.8. The molecule has 1 unspecified atom stereocenters. The lowest BCUT2D eigenvalue weighted by molar-refractivity contribution is -0.750. The zero-order valence-electron chi connectivity index (χ0n) is 15.5. The van der Waals surface area contributed by atoms with Gasteiger partial charge < -0.3 is 4.74 Å². The molecule has 2 heterocycles. The fourth-order valence-corrected chi connectivity index (χ4v) is 3.91. The summed E-state index contributed by atoms with van der Waals surface area (Å²) in [4.78, 5) is 9.15. The molecule has 0 amide bonds. The Morgan fingerprint density at radius 2 is 1.97 bits per heavy atom. The van der Waals surface area contributed by atoms with E-state index < -0.39 is 0 Å². The molecule has 29 heavy (non-hydrogen) atoms. The van der Waals surface area contributed by atoms with E-state index in [1.807, 2.05) is 73.0 Å². The van der Waals surface area contributed by atoms with Crippen LogP contribution in [-0.2, 0) is 6.61 Å². The number of quaternary nitrogens is 1. The van der Waals surface area contributed by atoms with E-state index in [4.69, 9.17) is 15.6 Å². The van der Waals surface area contributed by atoms with E-state index in [0.717, 1.165) is 44.2 Å². The van der Waals surface area contributed by atoms with Crippen LogP contribution < -0.4 is 10.6 Å². The van der Waals surface area contributed by atoms with Gasteiger partial charge in [0.05, 0.1) is 18.0 Å². The summed E-state index contributed by atoms with van der Waals surface area (Å²) in [6.45, 7) is 0.483. The summed E-state index contributed by atoms with van der Waals surface area (Å²) in [7, 11) is 0. The van der Waals surface area contributed by atoms with E-state index in [9.17, 15) is 0 Å². The minimum atomic E-state index is -0.000894. The molecule has 0 aromatic heterocycles. The second-order valence-electron chi connectivity index (χ2n) is 6.95. The second-order valence-corrected chi connectivity index (χ2v) is 7.87. The summed E-state index contributed by atoms with van der Waals surface area (Å²) in [5, 5.41) is 0. The predicted molar refractivity (Wildman–Crippen MR) is 118 cm³/mol. The molecule has 2 aromatic rings. The van der Waals surface area contributed by atoms with Gasteiger partial charge in [0.15, 0.2) is 0 Å². The number of hydrogen-bond donors (Lipinski definition) is 1. The highest BCUT2D eigenvalue weighted by molar-refractivity contribution is 9.10. The number of nitrogens with zero attached hydrogens (tertiary/aromatic N) is 3. The van der Waals surface area contributed by atoms with Gasteiger partial charge in [-0.15, -0.1) is 4.59 Å². The van der Waals surface area contributed by atoms with Gasteiger partial charge in [-0.25, -0.2) is 0 Å². The minimum absolute atomic E-state index is 0.000894. The van der Waals surface area contributed by atoms with Gasteiger partial charge in [-0.3, -0.25) is 4.99 Å². The average molecular weight is 446 g/mol. The first-order valence-corrected chi connectivity index (χ1v) is 10.0. The van der Waals surface area contributed by atoms with E-state index in [0.29, 0.717) is 6.61 Å². The van der Waals surface area contributed by atoms with Gasteiger partial charge in [-0.1, -0.05) is 52.4 Å². The molecule has 1 aliphatic carbocycles. The standard InChI is InChI=1S/C23H18BrN4O/c24-19-8-1-4-16(12-19)15-29-20-9-3-7-18(13-20)23-27-22(17-5-2-6-17)21-14-26-10-11-28(21,23)25/h1-14H,15,25H2/q+1. The van der Waals surface area contributed by atoms with Crippen LogP contribution in [-0.4, -0.2) is 16.6 Å². The maximum Gasteiger partial charge on any atom is 0.265 e. The van der Waals surface area contributed by atoms with Crippen LogP contribution in [0.5, 0.6) is 5.75 Å². The van der Waals surface area contributed by atoms with Crippen LogP contribution in [0.15, 0.2) is 111 Å². The van der Waals surface area contributed by atoms with Crippen molar-refractivity contribution >= 4 is 28.0 Å². The molecule has 0 bridgehead atoms. The third-order valence-corrected chi connectivity index (χ3v) is 5.50. The molecule has 6 heteroatoms. The maximum atomic E-state index is 6.75. The minimum Gasteiger partial charge on any atom is -0.489 e. The molecule has 1 atom stereocenters. The van der Waals surface area contributed by atoms with Crippen molar-refractivity contribution in [2.45, 2.75) is 6.61 Å². The Hall–Kier alpha value is -3.06. The van der Waals surface area contributed by atoms with Crippen molar-refractivity contribution in [1.82, 2.24) is 0 Å². The highest BCUT2D eigenvalue weighted by Gasteiger charge is 2.44. The van der Waals surface area contributed by atoms with Gasteiger partial charge in [-0.05, 0) is 35.9 Å². The molecule has 0 fully saturated rings. The van der Waals surface area contributed by atoms with Crippen molar-refractivity contribution in [3.8, 4) is 5.75 Å². The lowest BCUT2D eigenvalue weighted by Gasteiger charge is -2.26. The Bertz CT molecular complexity index is 1190. The molecule has 0 spiro atoms. The molecular weight excluding hydrogens is 428 g/mol. The fourth-order valence-electron chi connectivity index (χ4n) is 3.46. The summed E-state index contributed by atoms with van der Waals surface area (Å²) >= 11 is 3.49. The summed E-state index contributed by atoms with van der Waals surface area (Å²) in [5.41, 5.74) is 4.79. The molecular formula is C23H18BrN4O+. The monoisotopic (exact) mass is 445 g/mol. The van der Waals surface area contributed by atoms with Gasteiger partial charge in [0.1, 0.15) is 24.3 Å². The van der Waals surface area contributed by atoms with E-state index in [2.05, 4.69) is 20.9 Å². The Morgan fingerprint density at radius 1 is 1.10 bits per heavy atom. The first-order chi connectivity index (χ1) is 14.1. The quantitative estimate of drug-likeness (QED) is 0.533. The molecule has 2 aromatic carbocycles. The predicted octanol–water partition coefficient (Wildman–Crippen LogP) is 4.74. The van der Waals surface area contributed by atoms with E-state index in [-0.39, 0.29) is 4.59 Å². The number of fused-ring (bicyclic) bond motifs is 1. The Kier molecular flexibility index (Phi) is 4.39. The van der Waals surface area contributed by atoms with Crippen molar-refractivity contribution in [1.29, 1.82) is 0 Å². The highest BCUT2D eigenvalue weighted by atomic mass is 79.9. The van der Waals surface area contributed by atoms with Crippen LogP contribution >= 0.6 is 15.9 Å². The van der Waals surface area contributed by atoms with Crippen molar-refractivity contribution in [3.63, 3.8) is 0 Å². The number of benzene rings is 2. The Labute approximate surface area is 177 Å². The number of rotatable bonds is 5. The van der Waals surface area contributed by atoms with Crippen LogP contribution in [0.2, 0.25) is 0 Å². The summed E-state index contributed by atoms with van der Waals surface area (Å²) in [6.07, 6.45) is 11.4. The highest BCUT2D eigenvalue weighted by Crippen LogP contribution is 2.36. The van der Waals surface area contributed by atoms with Crippen molar-refractivity contribution in [2.75, 3.05) is 0 Å². The topological polar surface area (TPSA) is 60.0 Å². The number of halogens is 1. The SMILES string of the molecule is N[N+]12C=CN=CC1=C(C1=CC=C1)N=C2c1cccc(OCc2cccc(Br)c2)c1. The average Bonchev–Trinajstić information content (AvgIpc) is 2.98. The largest absolute Gasteiger partial charge is 0.489 e. The Balaban J connectivity index is 1.45. The first-order valence-electron chi connectivity index (χ1n) is 9.22. The molecule has 2 aliphatic heterocycles. The molecule has 0 radical (unpaired) electrons. The molecule has 2 N–H and O–H groups in total. The van der Waals surface area contributed by atoms with Crippen LogP contribution in [0.3, 0.4) is 0 Å². The zero-order valence-corrected chi connectivity index (χ0v) is 17.1. The van der Waals surface area contributed by atoms with Crippen molar-refractivity contribution in [2.24, 2.45) is 15.8 Å². The van der Waals surface area contributed by atoms with Gasteiger partial charge in [-0.2, -0.15) is 10.8 Å². The third kappa shape index (κ3) is 3.21. The van der Waals surface area contributed by atoms with Crippen LogP contribution in [0, 0.1) is 0 Å². The Morgan fingerprint density at radius 3 is 2.76 bits per heavy atom. The van der Waals surface area contributed by atoms with Crippen LogP contribution in [0.4, 0.5) is 0 Å². The maximum absolute atomic E-state index is 6.75. The number of aliphatic imine (C=N–C) groups is 2. The summed E-state index contributed by atoms with van der Waals surface area (Å²) in [5.74, 6) is 8.26. The number of amidine groups is 1. The normalized spacial score (nSPS) is 21.6. The smallest absolute Gasteiger partial charge is 0.265 e. The number of nitrogens with two attached hydrogens (primary N) is 1. The molecule has 142 valence electrons. The number of hydrogen-bond acceptors (Lipinski definition) is 4. The van der Waals surface area contributed by atoms with E-state index >= 15 is 0 Å². The van der Waals surface area contributed by atoms with Crippen molar-refractivity contribution < 1.29 is 9.33 Å². The molecule has 5 nitrogen and oxygen atoms in total. The molecule has 0 saturated carbocycles. The van der Waals surface area contributed by atoms with Gasteiger partial charge >= 0.3 is 0 Å². The lowest BCUT2D eigenvalue weighted by atomic mass is 10.0. The lowest BCUT2D eigenvalue weighted by Crippen LogP contribution is -2.53. The fraction of sp³-hybridized carbons (Fsp3) is 0.0435. The molecule has 3 aliphatic rings. The molecule has 5 rings (SSSR count). The first kappa shape index (κ1) is 18.0. The van der Waals surface area contributed by atoms with E-state index in [1.54, 1.807) is 12.4 Å². The van der Waals surface area contributed by atoms with E-state index in [1.165, 1.54) is 0 Å². The van der Waals surface area contributed by atoms with Gasteiger partial charge in [0.2, 0.25) is 5.70 Å². The third-order valence-electron chi connectivity index (χ3n) is 5.01. The van der Waals surface area contributed by atoms with Crippen LogP contribution in [0.1, 0.15) is 11.1 Å². The second kappa shape index (κ2) is 7.08.